The average Bonchev–Trinajstić information content (AvgIpc) is 3.11. The molecule has 1 amide bonds. The zero-order valence-electron chi connectivity index (χ0n) is 11.6. The third kappa shape index (κ3) is 3.53. The predicted octanol–water partition coefficient (Wildman–Crippen LogP) is 2.06. The van der Waals surface area contributed by atoms with E-state index < -0.39 is 0 Å². The molecule has 1 aliphatic rings. The average molecular weight is 324 g/mol. The summed E-state index contributed by atoms with van der Waals surface area (Å²) in [5, 5.41) is 22.0. The molecule has 3 N–H and O–H groups in total. The SMILES string of the molecule is CC(=O)Nc1nnc([C@H]2CC[C@@H](Cc3nnc(N)s3)C2)s1. The Morgan fingerprint density at radius 2 is 2.14 bits per heavy atom. The van der Waals surface area contributed by atoms with Gasteiger partial charge in [0, 0.05) is 19.3 Å². The molecule has 2 heterocycles. The fourth-order valence-corrected chi connectivity index (χ4v) is 4.34. The van der Waals surface area contributed by atoms with Crippen LogP contribution in [-0.2, 0) is 11.2 Å². The maximum absolute atomic E-state index is 11.0. The lowest BCUT2D eigenvalue weighted by atomic mass is 10.0. The minimum atomic E-state index is -0.115. The third-order valence-corrected chi connectivity index (χ3v) is 5.34. The number of nitrogens with one attached hydrogen (secondary N) is 1. The molecule has 112 valence electrons. The Labute approximate surface area is 130 Å². The van der Waals surface area contributed by atoms with Crippen molar-refractivity contribution in [3.05, 3.63) is 10.0 Å². The summed E-state index contributed by atoms with van der Waals surface area (Å²) < 4.78 is 0. The van der Waals surface area contributed by atoms with Gasteiger partial charge >= 0.3 is 0 Å². The van der Waals surface area contributed by atoms with E-state index in [2.05, 4.69) is 25.7 Å². The summed E-state index contributed by atoms with van der Waals surface area (Å²) in [5.41, 5.74) is 5.61. The molecule has 0 bridgehead atoms. The topological polar surface area (TPSA) is 107 Å². The van der Waals surface area contributed by atoms with E-state index in [9.17, 15) is 4.79 Å². The monoisotopic (exact) mass is 324 g/mol. The number of aromatic nitrogens is 4. The normalized spacial score (nSPS) is 21.6. The Morgan fingerprint density at radius 3 is 2.86 bits per heavy atom. The maximum Gasteiger partial charge on any atom is 0.223 e. The Balaban J connectivity index is 1.58. The van der Waals surface area contributed by atoms with Crippen LogP contribution in [0.3, 0.4) is 0 Å². The lowest BCUT2D eigenvalue weighted by Gasteiger charge is -2.06. The molecular formula is C12H16N6OS2. The molecule has 2 aromatic heterocycles. The second-order valence-corrected chi connectivity index (χ2v) is 7.34. The van der Waals surface area contributed by atoms with Crippen molar-refractivity contribution in [3.63, 3.8) is 0 Å². The number of rotatable bonds is 4. The number of hydrogen-bond donors (Lipinski definition) is 2. The first-order valence-electron chi connectivity index (χ1n) is 6.79. The zero-order chi connectivity index (χ0) is 14.8. The second kappa shape index (κ2) is 6.02. The van der Waals surface area contributed by atoms with Crippen LogP contribution in [0.15, 0.2) is 0 Å². The fourth-order valence-electron chi connectivity index (χ4n) is 2.68. The van der Waals surface area contributed by atoms with Gasteiger partial charge in [-0.1, -0.05) is 22.7 Å². The van der Waals surface area contributed by atoms with Gasteiger partial charge in [-0.15, -0.1) is 20.4 Å². The summed E-state index contributed by atoms with van der Waals surface area (Å²) in [6.45, 7) is 1.47. The zero-order valence-corrected chi connectivity index (χ0v) is 13.2. The number of nitrogens with zero attached hydrogens (tertiary/aromatic N) is 4. The van der Waals surface area contributed by atoms with Crippen molar-refractivity contribution in [3.8, 4) is 0 Å². The highest BCUT2D eigenvalue weighted by Gasteiger charge is 2.29. The van der Waals surface area contributed by atoms with Crippen LogP contribution < -0.4 is 11.1 Å². The highest BCUT2D eigenvalue weighted by Crippen LogP contribution is 2.41. The quantitative estimate of drug-likeness (QED) is 0.891. The fraction of sp³-hybridized carbons (Fsp3) is 0.583. The number of carbonyl (C=O) groups is 1. The van der Waals surface area contributed by atoms with Crippen molar-refractivity contribution < 1.29 is 4.79 Å². The molecule has 0 saturated heterocycles. The van der Waals surface area contributed by atoms with Gasteiger partial charge in [-0.05, 0) is 25.2 Å². The van der Waals surface area contributed by atoms with E-state index in [1.165, 1.54) is 29.6 Å². The van der Waals surface area contributed by atoms with Gasteiger partial charge in [0.1, 0.15) is 10.0 Å². The molecule has 1 aliphatic carbocycles. The third-order valence-electron chi connectivity index (χ3n) is 3.56. The standard InChI is InChI=1S/C12H16N6OS2/c1-6(19)14-12-18-16-10(21-12)8-3-2-7(4-8)5-9-15-17-11(13)20-9/h7-8H,2-5H2,1H3,(H2,13,17)(H,14,18,19)/t7-,8+/m1/s1. The van der Waals surface area contributed by atoms with Crippen molar-refractivity contribution in [1.29, 1.82) is 0 Å². The highest BCUT2D eigenvalue weighted by molar-refractivity contribution is 7.15. The number of nitrogen functional groups attached to an aromatic ring is 1. The van der Waals surface area contributed by atoms with Crippen molar-refractivity contribution in [2.24, 2.45) is 5.92 Å². The van der Waals surface area contributed by atoms with E-state index in [1.807, 2.05) is 0 Å². The van der Waals surface area contributed by atoms with Crippen LogP contribution in [0.1, 0.15) is 42.1 Å². The number of amides is 1. The lowest BCUT2D eigenvalue weighted by Crippen LogP contribution is -2.04. The van der Waals surface area contributed by atoms with E-state index in [0.29, 0.717) is 22.1 Å². The molecule has 2 atom stereocenters. The Hall–Kier alpha value is -1.61. The van der Waals surface area contributed by atoms with Crippen LogP contribution in [-0.4, -0.2) is 26.3 Å². The van der Waals surface area contributed by atoms with Crippen LogP contribution >= 0.6 is 22.7 Å². The van der Waals surface area contributed by atoms with Gasteiger partial charge < -0.3 is 11.1 Å². The molecule has 0 aromatic carbocycles. The van der Waals surface area contributed by atoms with Crippen LogP contribution in [0.2, 0.25) is 0 Å². The lowest BCUT2D eigenvalue weighted by molar-refractivity contribution is -0.114. The summed E-state index contributed by atoms with van der Waals surface area (Å²) in [4.78, 5) is 11.0. The van der Waals surface area contributed by atoms with E-state index in [0.717, 1.165) is 35.7 Å². The first-order chi connectivity index (χ1) is 10.1. The first kappa shape index (κ1) is 14.3. The molecule has 0 radical (unpaired) electrons. The highest BCUT2D eigenvalue weighted by atomic mass is 32.1. The van der Waals surface area contributed by atoms with Crippen LogP contribution in [0, 0.1) is 5.92 Å². The molecule has 2 aromatic rings. The molecular weight excluding hydrogens is 308 g/mol. The van der Waals surface area contributed by atoms with Gasteiger partial charge in [-0.25, -0.2) is 0 Å². The predicted molar refractivity (Wildman–Crippen MR) is 82.3 cm³/mol. The summed E-state index contributed by atoms with van der Waals surface area (Å²) in [6, 6.07) is 0. The van der Waals surface area contributed by atoms with Gasteiger partial charge in [0.05, 0.1) is 0 Å². The Morgan fingerprint density at radius 1 is 1.29 bits per heavy atom. The smallest absolute Gasteiger partial charge is 0.223 e. The molecule has 21 heavy (non-hydrogen) atoms. The number of anilines is 2. The summed E-state index contributed by atoms with van der Waals surface area (Å²) in [7, 11) is 0. The van der Waals surface area contributed by atoms with Crippen molar-refractivity contribution in [2.45, 2.75) is 38.5 Å². The molecule has 9 heteroatoms. The number of nitrogens with two attached hydrogens (primary N) is 1. The summed E-state index contributed by atoms with van der Waals surface area (Å²) in [5.74, 6) is 0.909. The Bertz CT molecular complexity index is 639. The molecule has 7 nitrogen and oxygen atoms in total. The van der Waals surface area contributed by atoms with Crippen LogP contribution in [0.4, 0.5) is 10.3 Å². The molecule has 0 spiro atoms. The van der Waals surface area contributed by atoms with E-state index in [-0.39, 0.29) is 5.91 Å². The van der Waals surface area contributed by atoms with E-state index in [4.69, 9.17) is 5.73 Å². The molecule has 1 saturated carbocycles. The summed E-state index contributed by atoms with van der Waals surface area (Å²) >= 11 is 2.94. The maximum atomic E-state index is 11.0. The second-order valence-electron chi connectivity index (χ2n) is 5.24. The number of carbonyl (C=O) groups excluding carboxylic acids is 1. The van der Waals surface area contributed by atoms with Gasteiger partial charge in [0.25, 0.3) is 0 Å². The largest absolute Gasteiger partial charge is 0.374 e. The summed E-state index contributed by atoms with van der Waals surface area (Å²) in [6.07, 6.45) is 4.27. The van der Waals surface area contributed by atoms with Gasteiger partial charge in [0.2, 0.25) is 16.2 Å². The minimum absolute atomic E-state index is 0.115. The van der Waals surface area contributed by atoms with Crippen LogP contribution in [0.5, 0.6) is 0 Å². The molecule has 0 aliphatic heterocycles. The molecule has 1 fully saturated rings. The molecule has 3 rings (SSSR count). The van der Waals surface area contributed by atoms with Crippen molar-refractivity contribution in [2.75, 3.05) is 11.1 Å². The first-order valence-corrected chi connectivity index (χ1v) is 8.42. The van der Waals surface area contributed by atoms with E-state index in [1.54, 1.807) is 0 Å². The van der Waals surface area contributed by atoms with Gasteiger partial charge in [0.15, 0.2) is 0 Å². The van der Waals surface area contributed by atoms with E-state index >= 15 is 0 Å². The van der Waals surface area contributed by atoms with Crippen molar-refractivity contribution in [1.82, 2.24) is 20.4 Å². The molecule has 0 unspecified atom stereocenters. The van der Waals surface area contributed by atoms with Gasteiger partial charge in [-0.3, -0.25) is 4.79 Å². The van der Waals surface area contributed by atoms with Gasteiger partial charge in [-0.2, -0.15) is 0 Å². The minimum Gasteiger partial charge on any atom is -0.374 e. The van der Waals surface area contributed by atoms with Crippen LogP contribution in [0.25, 0.3) is 0 Å². The number of hydrogen-bond acceptors (Lipinski definition) is 8. The van der Waals surface area contributed by atoms with Crippen molar-refractivity contribution >= 4 is 38.8 Å². The Kier molecular flexibility index (Phi) is 4.11.